The molecular weight excluding hydrogens is 149 g/mol. The van der Waals surface area contributed by atoms with Crippen LogP contribution in [0.5, 0.6) is 0 Å². The quantitative estimate of drug-likeness (QED) is 0.585. The number of nitrogens with zero attached hydrogens (tertiary/aromatic N) is 1. The molecule has 1 heterocycles. The Morgan fingerprint density at radius 3 is 3.00 bits per heavy atom. The van der Waals surface area contributed by atoms with Gasteiger partial charge < -0.3 is 4.42 Å². The van der Waals surface area contributed by atoms with Crippen molar-refractivity contribution in [2.45, 2.75) is 13.7 Å². The molecule has 0 saturated carbocycles. The third kappa shape index (κ3) is 1.11. The maximum atomic E-state index is 5.46. The fraction of sp³-hybridized carbons (Fsp3) is 0.222. The van der Waals surface area contributed by atoms with E-state index in [1.54, 1.807) is 0 Å². The Morgan fingerprint density at radius 1 is 1.42 bits per heavy atom. The van der Waals surface area contributed by atoms with Crippen molar-refractivity contribution < 1.29 is 4.42 Å². The van der Waals surface area contributed by atoms with E-state index in [2.05, 4.69) is 11.9 Å². The van der Waals surface area contributed by atoms with E-state index < -0.39 is 0 Å². The van der Waals surface area contributed by atoms with Gasteiger partial charge in [-0.05, 0) is 24.6 Å². The van der Waals surface area contributed by atoms with Crippen LogP contribution >= 0.6 is 0 Å². The fourth-order valence-electron chi connectivity index (χ4n) is 1.24. The van der Waals surface area contributed by atoms with Gasteiger partial charge in [0.05, 0.1) is 0 Å². The number of hydrogen-bond donors (Lipinski definition) is 0. The van der Waals surface area contributed by atoms with E-state index >= 15 is 0 Å². The number of benzene rings is 1. The lowest BCUT2D eigenvalue weighted by Gasteiger charge is -1.87. The molecule has 0 fully saturated rings. The Labute approximate surface area is 71.8 Å². The normalized spacial score (nSPS) is 10.5. The molecule has 2 nitrogen and oxygen atoms in total. The van der Waals surface area contributed by atoms with Crippen LogP contribution < -0.4 is 5.79 Å². The lowest BCUT2D eigenvalue weighted by molar-refractivity contribution is 0.642. The van der Waals surface area contributed by atoms with Crippen molar-refractivity contribution in [3.05, 3.63) is 23.8 Å². The third-order valence-electron chi connectivity index (χ3n) is 1.89. The number of aromatic nitrogens is 1. The van der Waals surface area contributed by atoms with Crippen LogP contribution in [0.3, 0.4) is 0 Å². The van der Waals surface area contributed by atoms with Crippen molar-refractivity contribution in [2.24, 2.45) is 0 Å². The highest BCUT2D eigenvalue weighted by atomic mass is 16.3. The zero-order valence-corrected chi connectivity index (χ0v) is 7.29. The molecule has 12 heavy (non-hydrogen) atoms. The van der Waals surface area contributed by atoms with Crippen molar-refractivity contribution in [2.75, 3.05) is 0 Å². The van der Waals surface area contributed by atoms with Crippen molar-refractivity contribution in [1.82, 2.24) is 4.98 Å². The first kappa shape index (κ1) is 7.41. The van der Waals surface area contributed by atoms with E-state index in [0.717, 1.165) is 24.2 Å². The molecule has 0 aliphatic rings. The molecule has 0 unspecified atom stereocenters. The average molecular weight is 159 g/mol. The van der Waals surface area contributed by atoms with Crippen molar-refractivity contribution in [3.8, 4) is 0 Å². The average Bonchev–Trinajstić information content (AvgIpc) is 2.46. The number of rotatable bonds is 1. The van der Waals surface area contributed by atoms with Crippen molar-refractivity contribution in [1.29, 1.82) is 0 Å². The van der Waals surface area contributed by atoms with Crippen LogP contribution in [0.2, 0.25) is 6.82 Å². The summed E-state index contributed by atoms with van der Waals surface area (Å²) in [7, 11) is 0.855. The highest BCUT2D eigenvalue weighted by Crippen LogP contribution is 2.11. The van der Waals surface area contributed by atoms with Gasteiger partial charge in [0.2, 0.25) is 7.28 Å². The van der Waals surface area contributed by atoms with E-state index in [9.17, 15) is 0 Å². The van der Waals surface area contributed by atoms with E-state index in [1.165, 1.54) is 5.56 Å². The maximum Gasteiger partial charge on any atom is 0.227 e. The fourth-order valence-corrected chi connectivity index (χ4v) is 1.24. The highest BCUT2D eigenvalue weighted by Gasteiger charge is 2.02. The Bertz CT molecular complexity index is 408. The van der Waals surface area contributed by atoms with Gasteiger partial charge in [-0.25, -0.2) is 4.98 Å². The Hall–Kier alpha value is -1.25. The molecule has 0 aliphatic carbocycles. The monoisotopic (exact) mass is 159 g/mol. The molecule has 0 radical (unpaired) electrons. The van der Waals surface area contributed by atoms with E-state index in [4.69, 9.17) is 4.42 Å². The second-order valence-corrected chi connectivity index (χ2v) is 2.93. The van der Waals surface area contributed by atoms with Gasteiger partial charge in [0.25, 0.3) is 0 Å². The van der Waals surface area contributed by atoms with Crippen LogP contribution in [-0.2, 0) is 0 Å². The first-order chi connectivity index (χ1) is 5.79. The molecule has 0 aliphatic heterocycles. The highest BCUT2D eigenvalue weighted by molar-refractivity contribution is 6.49. The van der Waals surface area contributed by atoms with Gasteiger partial charge >= 0.3 is 0 Å². The smallest absolute Gasteiger partial charge is 0.227 e. The van der Waals surface area contributed by atoms with Crippen LogP contribution in [0.15, 0.2) is 22.6 Å². The zero-order valence-electron chi connectivity index (χ0n) is 7.29. The summed E-state index contributed by atoms with van der Waals surface area (Å²) in [6.07, 6.45) is 0. The molecule has 2 aromatic rings. The summed E-state index contributed by atoms with van der Waals surface area (Å²) in [6.45, 7) is 4.09. The Morgan fingerprint density at radius 2 is 2.25 bits per heavy atom. The van der Waals surface area contributed by atoms with E-state index in [-0.39, 0.29) is 0 Å². The first-order valence-electron chi connectivity index (χ1n) is 4.15. The lowest BCUT2D eigenvalue weighted by Crippen LogP contribution is -2.09. The van der Waals surface area contributed by atoms with Crippen LogP contribution in [0.1, 0.15) is 5.56 Å². The van der Waals surface area contributed by atoms with Gasteiger partial charge in [-0.3, -0.25) is 0 Å². The summed E-state index contributed by atoms with van der Waals surface area (Å²) in [6, 6.07) is 6.04. The Kier molecular flexibility index (Phi) is 1.64. The predicted octanol–water partition coefficient (Wildman–Crippen LogP) is 1.25. The molecule has 0 amide bonds. The standard InChI is InChI=1S/C9H10BNO/c1-6-3-4-8-7(5-6)11-9(10-2)12-8/h3-5,10H,1-2H3. The minimum absolute atomic E-state index is 0.815. The van der Waals surface area contributed by atoms with Gasteiger partial charge in [-0.1, -0.05) is 12.9 Å². The molecule has 0 spiro atoms. The van der Waals surface area contributed by atoms with Crippen molar-refractivity contribution >= 4 is 24.2 Å². The van der Waals surface area contributed by atoms with Gasteiger partial charge in [0, 0.05) is 0 Å². The summed E-state index contributed by atoms with van der Waals surface area (Å²) >= 11 is 0. The minimum atomic E-state index is 0.815. The largest absolute Gasteiger partial charge is 0.451 e. The molecule has 0 atom stereocenters. The van der Waals surface area contributed by atoms with Crippen LogP contribution in [-0.4, -0.2) is 12.3 Å². The zero-order chi connectivity index (χ0) is 8.55. The summed E-state index contributed by atoms with van der Waals surface area (Å²) in [5, 5.41) is 0. The molecule has 1 aromatic carbocycles. The van der Waals surface area contributed by atoms with Gasteiger partial charge in [-0.15, -0.1) is 0 Å². The predicted molar refractivity (Wildman–Crippen MR) is 51.4 cm³/mol. The summed E-state index contributed by atoms with van der Waals surface area (Å²) in [4.78, 5) is 4.33. The molecule has 3 heteroatoms. The number of oxazole rings is 1. The number of hydrogen-bond acceptors (Lipinski definition) is 2. The maximum absolute atomic E-state index is 5.46. The van der Waals surface area contributed by atoms with E-state index in [0.29, 0.717) is 0 Å². The van der Waals surface area contributed by atoms with Crippen LogP contribution in [0, 0.1) is 6.92 Å². The Balaban J connectivity index is 2.67. The molecular formula is C9H10BNO. The number of aryl methyl sites for hydroxylation is 1. The molecule has 2 rings (SSSR count). The minimum Gasteiger partial charge on any atom is -0.451 e. The molecule has 0 N–H and O–H groups in total. The molecule has 0 saturated heterocycles. The van der Waals surface area contributed by atoms with Gasteiger partial charge in [0.1, 0.15) is 11.3 Å². The molecule has 1 aromatic heterocycles. The second-order valence-electron chi connectivity index (χ2n) is 2.93. The first-order valence-corrected chi connectivity index (χ1v) is 4.15. The van der Waals surface area contributed by atoms with Crippen LogP contribution in [0.25, 0.3) is 11.1 Å². The topological polar surface area (TPSA) is 26.0 Å². The summed E-state index contributed by atoms with van der Waals surface area (Å²) in [5.41, 5.74) is 3.07. The van der Waals surface area contributed by atoms with Crippen molar-refractivity contribution in [3.63, 3.8) is 0 Å². The summed E-state index contributed by atoms with van der Waals surface area (Å²) in [5.74, 6) is 0.815. The molecule has 60 valence electrons. The number of fused-ring (bicyclic) bond motifs is 1. The molecule has 0 bridgehead atoms. The van der Waals surface area contributed by atoms with Gasteiger partial charge in [-0.2, -0.15) is 0 Å². The van der Waals surface area contributed by atoms with E-state index in [1.807, 2.05) is 25.0 Å². The van der Waals surface area contributed by atoms with Crippen LogP contribution in [0.4, 0.5) is 0 Å². The SMILES string of the molecule is CBc1nc2cc(C)ccc2o1. The summed E-state index contributed by atoms with van der Waals surface area (Å²) < 4.78 is 5.46. The second kappa shape index (κ2) is 2.66. The lowest BCUT2D eigenvalue weighted by atomic mass is 9.83. The van der Waals surface area contributed by atoms with Gasteiger partial charge in [0.15, 0.2) is 5.58 Å². The third-order valence-corrected chi connectivity index (χ3v) is 1.89.